The van der Waals surface area contributed by atoms with Crippen LogP contribution in [-0.2, 0) is 22.1 Å². The number of carboxylic acids is 1. The minimum absolute atomic E-state index is 0.160. The second-order valence-corrected chi connectivity index (χ2v) is 5.94. The van der Waals surface area contributed by atoms with Crippen LogP contribution in [0.4, 0.5) is 18.0 Å². The molecule has 0 aliphatic rings. The molecule has 0 aromatic heterocycles. The molecule has 1 amide bonds. The van der Waals surface area contributed by atoms with Gasteiger partial charge in [0.1, 0.15) is 11.6 Å². The first kappa shape index (κ1) is 18.8. The molecule has 0 unspecified atom stereocenters. The van der Waals surface area contributed by atoms with Crippen molar-refractivity contribution in [2.45, 2.75) is 45.0 Å². The maximum absolute atomic E-state index is 12.5. The van der Waals surface area contributed by atoms with Gasteiger partial charge in [-0.05, 0) is 38.5 Å². The largest absolute Gasteiger partial charge is 0.480 e. The van der Waals surface area contributed by atoms with Crippen LogP contribution in [0.1, 0.15) is 31.9 Å². The number of rotatable bonds is 4. The minimum Gasteiger partial charge on any atom is -0.480 e. The zero-order valence-electron chi connectivity index (χ0n) is 12.9. The highest BCUT2D eigenvalue weighted by molar-refractivity contribution is 5.80. The summed E-state index contributed by atoms with van der Waals surface area (Å²) in [6, 6.07) is 2.77. The highest BCUT2D eigenvalue weighted by Crippen LogP contribution is 2.29. The number of ether oxygens (including phenoxy) is 1. The van der Waals surface area contributed by atoms with Crippen LogP contribution >= 0.6 is 0 Å². The molecule has 0 heterocycles. The summed E-state index contributed by atoms with van der Waals surface area (Å²) in [5.74, 6) is -1.31. The number of aliphatic carboxylic acids is 1. The lowest BCUT2D eigenvalue weighted by atomic mass is 10.0. The van der Waals surface area contributed by atoms with E-state index in [0.29, 0.717) is 5.56 Å². The molecule has 0 fully saturated rings. The Morgan fingerprint density at radius 3 is 2.09 bits per heavy atom. The summed E-state index contributed by atoms with van der Waals surface area (Å²) in [6.45, 7) is 4.87. The number of carbonyl (C=O) groups excluding carboxylic acids is 1. The SMILES string of the molecule is CC(C)(C)OC(=O)N[C@H](Cc1ccc(C(F)(F)F)cc1)C(=O)O. The molecule has 0 spiro atoms. The van der Waals surface area contributed by atoms with Gasteiger partial charge in [-0.25, -0.2) is 9.59 Å². The second kappa shape index (κ2) is 6.89. The fourth-order valence-corrected chi connectivity index (χ4v) is 1.72. The Kier molecular flexibility index (Phi) is 5.63. The van der Waals surface area contributed by atoms with Crippen LogP contribution in [-0.4, -0.2) is 28.8 Å². The lowest BCUT2D eigenvalue weighted by molar-refractivity contribution is -0.139. The summed E-state index contributed by atoms with van der Waals surface area (Å²) >= 11 is 0. The number of alkyl carbamates (subject to hydrolysis) is 1. The molecule has 0 saturated heterocycles. The number of hydrogen-bond acceptors (Lipinski definition) is 3. The van der Waals surface area contributed by atoms with E-state index in [9.17, 15) is 22.8 Å². The van der Waals surface area contributed by atoms with Crippen LogP contribution in [0.3, 0.4) is 0 Å². The van der Waals surface area contributed by atoms with Crippen molar-refractivity contribution in [3.63, 3.8) is 0 Å². The molecule has 8 heteroatoms. The molecular weight excluding hydrogens is 315 g/mol. The van der Waals surface area contributed by atoms with Crippen molar-refractivity contribution in [2.24, 2.45) is 0 Å². The highest BCUT2D eigenvalue weighted by atomic mass is 19.4. The van der Waals surface area contributed by atoms with Gasteiger partial charge in [-0.2, -0.15) is 13.2 Å². The average molecular weight is 333 g/mol. The summed E-state index contributed by atoms with van der Waals surface area (Å²) in [6.07, 6.45) is -5.52. The molecule has 0 saturated carbocycles. The predicted octanol–water partition coefficient (Wildman–Crippen LogP) is 3.23. The van der Waals surface area contributed by atoms with Gasteiger partial charge < -0.3 is 15.2 Å². The lowest BCUT2D eigenvalue weighted by Gasteiger charge is -2.22. The molecular formula is C15H18F3NO4. The maximum atomic E-state index is 12.5. The van der Waals surface area contributed by atoms with Gasteiger partial charge in [-0.1, -0.05) is 12.1 Å². The van der Waals surface area contributed by atoms with Crippen molar-refractivity contribution in [2.75, 3.05) is 0 Å². The lowest BCUT2D eigenvalue weighted by Crippen LogP contribution is -2.44. The Balaban J connectivity index is 2.77. The first-order valence-corrected chi connectivity index (χ1v) is 6.77. The van der Waals surface area contributed by atoms with Gasteiger partial charge in [-0.3, -0.25) is 0 Å². The Morgan fingerprint density at radius 1 is 1.17 bits per heavy atom. The zero-order valence-corrected chi connectivity index (χ0v) is 12.9. The molecule has 0 aliphatic carbocycles. The van der Waals surface area contributed by atoms with Gasteiger partial charge in [0.25, 0.3) is 0 Å². The smallest absolute Gasteiger partial charge is 0.416 e. The Bertz CT molecular complexity index is 562. The van der Waals surface area contributed by atoms with Crippen molar-refractivity contribution in [1.29, 1.82) is 0 Å². The summed E-state index contributed by atoms with van der Waals surface area (Å²) in [4.78, 5) is 22.8. The van der Waals surface area contributed by atoms with Crippen LogP contribution in [0, 0.1) is 0 Å². The van der Waals surface area contributed by atoms with E-state index in [4.69, 9.17) is 9.84 Å². The number of carbonyl (C=O) groups is 2. The number of benzene rings is 1. The molecule has 128 valence electrons. The fraction of sp³-hybridized carbons (Fsp3) is 0.467. The van der Waals surface area contributed by atoms with Gasteiger partial charge in [0.05, 0.1) is 5.56 Å². The van der Waals surface area contributed by atoms with E-state index in [1.54, 1.807) is 20.8 Å². The molecule has 23 heavy (non-hydrogen) atoms. The Hall–Kier alpha value is -2.25. The van der Waals surface area contributed by atoms with Crippen molar-refractivity contribution >= 4 is 12.1 Å². The number of amides is 1. The number of halogens is 3. The molecule has 2 N–H and O–H groups in total. The monoisotopic (exact) mass is 333 g/mol. The van der Waals surface area contributed by atoms with Crippen molar-refractivity contribution < 1.29 is 32.6 Å². The van der Waals surface area contributed by atoms with Gasteiger partial charge in [-0.15, -0.1) is 0 Å². The maximum Gasteiger partial charge on any atom is 0.416 e. The van der Waals surface area contributed by atoms with Crippen LogP contribution in [0.2, 0.25) is 0 Å². The minimum atomic E-state index is -4.46. The predicted molar refractivity (Wildman–Crippen MR) is 75.9 cm³/mol. The van der Waals surface area contributed by atoms with Crippen LogP contribution in [0.15, 0.2) is 24.3 Å². The molecule has 1 atom stereocenters. The van der Waals surface area contributed by atoms with Gasteiger partial charge in [0.15, 0.2) is 0 Å². The highest BCUT2D eigenvalue weighted by Gasteiger charge is 2.30. The number of carboxylic acid groups (broad SMARTS) is 1. The third-order valence-corrected chi connectivity index (χ3v) is 2.71. The fourth-order valence-electron chi connectivity index (χ4n) is 1.72. The molecule has 5 nitrogen and oxygen atoms in total. The van der Waals surface area contributed by atoms with Crippen molar-refractivity contribution in [3.8, 4) is 0 Å². The molecule has 1 aromatic rings. The average Bonchev–Trinajstić information content (AvgIpc) is 2.35. The molecule has 0 bridgehead atoms. The number of hydrogen-bond donors (Lipinski definition) is 2. The first-order chi connectivity index (χ1) is 10.4. The van der Waals surface area contributed by atoms with E-state index >= 15 is 0 Å². The van der Waals surface area contributed by atoms with Gasteiger partial charge >= 0.3 is 18.2 Å². The van der Waals surface area contributed by atoms with E-state index in [1.165, 1.54) is 12.1 Å². The summed E-state index contributed by atoms with van der Waals surface area (Å²) < 4.78 is 42.4. The molecule has 0 aliphatic heterocycles. The van der Waals surface area contributed by atoms with E-state index in [-0.39, 0.29) is 6.42 Å². The topological polar surface area (TPSA) is 75.6 Å². The zero-order chi connectivity index (χ0) is 17.8. The van der Waals surface area contributed by atoms with E-state index in [2.05, 4.69) is 5.32 Å². The van der Waals surface area contributed by atoms with Gasteiger partial charge in [0, 0.05) is 6.42 Å². The molecule has 0 radical (unpaired) electrons. The van der Waals surface area contributed by atoms with E-state index in [1.807, 2.05) is 0 Å². The Labute approximate surface area is 131 Å². The molecule has 1 rings (SSSR count). The van der Waals surface area contributed by atoms with E-state index in [0.717, 1.165) is 12.1 Å². The normalized spacial score (nSPS) is 13.3. The van der Waals surface area contributed by atoms with Crippen molar-refractivity contribution in [1.82, 2.24) is 5.32 Å². The van der Waals surface area contributed by atoms with Crippen LogP contribution in [0.5, 0.6) is 0 Å². The summed E-state index contributed by atoms with van der Waals surface area (Å²) in [5.41, 5.74) is -1.27. The Morgan fingerprint density at radius 2 is 1.70 bits per heavy atom. The quantitative estimate of drug-likeness (QED) is 0.887. The third kappa shape index (κ3) is 6.58. The van der Waals surface area contributed by atoms with Gasteiger partial charge in [0.2, 0.25) is 0 Å². The molecule has 1 aromatic carbocycles. The first-order valence-electron chi connectivity index (χ1n) is 6.77. The number of alkyl halides is 3. The van der Waals surface area contributed by atoms with Crippen molar-refractivity contribution in [3.05, 3.63) is 35.4 Å². The summed E-state index contributed by atoms with van der Waals surface area (Å²) in [5, 5.41) is 11.3. The third-order valence-electron chi connectivity index (χ3n) is 2.71. The standard InChI is InChI=1S/C15H18F3NO4/c1-14(2,3)23-13(22)19-11(12(20)21)8-9-4-6-10(7-5-9)15(16,17)18/h4-7,11H,8H2,1-3H3,(H,19,22)(H,20,21)/t11-/m1/s1. The van der Waals surface area contributed by atoms with Crippen LogP contribution < -0.4 is 5.32 Å². The summed E-state index contributed by atoms with van der Waals surface area (Å²) in [7, 11) is 0. The van der Waals surface area contributed by atoms with E-state index < -0.39 is 35.4 Å². The second-order valence-electron chi connectivity index (χ2n) is 5.94. The number of nitrogens with one attached hydrogen (secondary N) is 1. The van der Waals surface area contributed by atoms with Crippen LogP contribution in [0.25, 0.3) is 0 Å².